The summed E-state index contributed by atoms with van der Waals surface area (Å²) in [6, 6.07) is 19.3. The molecule has 1 radical (unpaired) electrons. The van der Waals surface area contributed by atoms with Gasteiger partial charge in [0.25, 0.3) is 0 Å². The summed E-state index contributed by atoms with van der Waals surface area (Å²) in [5.74, 6) is 0. The first-order chi connectivity index (χ1) is 11.3. The molecule has 0 spiro atoms. The standard InChI is InChI=1S/C13H9.C6H15NSi.2ClH.Ti/c1-3-7-12-10(5-1)9-11-6-2-4-8-13(11)12;1-6(2,3)7-8(4)5;;;/h1-9H;1-5H3;2*1H;/q2*-1;;;+2/p-2. The first-order valence-corrected chi connectivity index (χ1v) is 14.6. The fourth-order valence-corrected chi connectivity index (χ4v) is 3.92. The van der Waals surface area contributed by atoms with Gasteiger partial charge in [0.05, 0.1) is 0 Å². The molecular weight excluding hydrogens is 389 g/mol. The molecule has 3 rings (SSSR count). The van der Waals surface area contributed by atoms with E-state index in [-0.39, 0.29) is 14.5 Å². The third kappa shape index (κ3) is 7.78. The van der Waals surface area contributed by atoms with Crippen LogP contribution in [-0.4, -0.2) is 14.5 Å². The zero-order chi connectivity index (χ0) is 18.2. The number of halogens is 2. The van der Waals surface area contributed by atoms with Gasteiger partial charge in [-0.2, -0.15) is 0 Å². The fraction of sp³-hybridized carbons (Fsp3) is 0.316. The third-order valence-corrected chi connectivity index (χ3v) is 4.20. The van der Waals surface area contributed by atoms with Gasteiger partial charge in [-0.25, -0.2) is 0 Å². The average molecular weight is 413 g/mol. The molecule has 0 fully saturated rings. The molecule has 0 amide bonds. The number of fused-ring (bicyclic) bond motifs is 3. The van der Waals surface area contributed by atoms with Gasteiger partial charge in [-0.15, -0.1) is 45.3 Å². The second-order valence-electron chi connectivity index (χ2n) is 6.62. The van der Waals surface area contributed by atoms with E-state index < -0.39 is 17.0 Å². The number of nitrogens with zero attached hydrogens (tertiary/aromatic N) is 1. The van der Waals surface area contributed by atoms with E-state index in [1.165, 1.54) is 21.5 Å². The number of rotatable bonds is 1. The number of benzene rings is 2. The molecule has 129 valence electrons. The third-order valence-electron chi connectivity index (χ3n) is 3.08. The number of hydrogen-bond donors (Lipinski definition) is 0. The molecule has 0 aliphatic carbocycles. The van der Waals surface area contributed by atoms with E-state index in [0.717, 1.165) is 0 Å². The van der Waals surface area contributed by atoms with Crippen LogP contribution in [0.25, 0.3) is 26.5 Å². The summed E-state index contributed by atoms with van der Waals surface area (Å²) in [6.45, 7) is 10.8. The van der Waals surface area contributed by atoms with Gasteiger partial charge in [-0.1, -0.05) is 79.2 Å². The van der Waals surface area contributed by atoms with E-state index >= 15 is 0 Å². The molecule has 0 unspecified atom stereocenters. The van der Waals surface area contributed by atoms with Crippen molar-refractivity contribution in [2.45, 2.75) is 39.4 Å². The molecule has 0 N–H and O–H groups in total. The summed E-state index contributed by atoms with van der Waals surface area (Å²) in [4.78, 5) is 4.51. The number of hydrogen-bond acceptors (Lipinski definition) is 0. The maximum atomic E-state index is 4.89. The van der Waals surface area contributed by atoms with Gasteiger partial charge in [-0.05, 0) is 0 Å². The Labute approximate surface area is 164 Å². The van der Waals surface area contributed by atoms with E-state index in [4.69, 9.17) is 18.6 Å². The SMILES string of the molecule is C[Si](C)[N-]C(C)(C)C.[Cl][Ti][Cl].c1ccc2c(c1)[cH-]c1ccccc12. The molecule has 5 heteroatoms. The molecule has 3 aromatic carbocycles. The van der Waals surface area contributed by atoms with Gasteiger partial charge in [0.2, 0.25) is 0 Å². The van der Waals surface area contributed by atoms with E-state index in [9.17, 15) is 0 Å². The van der Waals surface area contributed by atoms with Gasteiger partial charge in [0.15, 0.2) is 0 Å². The molecule has 0 aliphatic heterocycles. The Morgan fingerprint density at radius 2 is 1.25 bits per heavy atom. The average Bonchev–Trinajstić information content (AvgIpc) is 2.84. The minimum absolute atomic E-state index is 0.192. The minimum atomic E-state index is -0.556. The Morgan fingerprint density at radius 1 is 0.875 bits per heavy atom. The van der Waals surface area contributed by atoms with E-state index in [1.807, 2.05) is 0 Å². The van der Waals surface area contributed by atoms with Crippen LogP contribution in [0.3, 0.4) is 0 Å². The predicted molar refractivity (Wildman–Crippen MR) is 109 cm³/mol. The maximum absolute atomic E-state index is 4.89. The van der Waals surface area contributed by atoms with Crippen LogP contribution in [-0.2, 0) is 17.0 Å². The monoisotopic (exact) mass is 412 g/mol. The van der Waals surface area contributed by atoms with Crippen LogP contribution in [0.2, 0.25) is 13.1 Å². The molecule has 0 heterocycles. The Bertz CT molecular complexity index is 684. The van der Waals surface area contributed by atoms with Crippen molar-refractivity contribution in [2.24, 2.45) is 0 Å². The van der Waals surface area contributed by atoms with Crippen LogP contribution in [0.1, 0.15) is 20.8 Å². The van der Waals surface area contributed by atoms with E-state index in [1.54, 1.807) is 0 Å². The van der Waals surface area contributed by atoms with Gasteiger partial charge in [0, 0.05) is 0 Å². The molecule has 0 aliphatic rings. The van der Waals surface area contributed by atoms with Gasteiger partial charge in [0.1, 0.15) is 0 Å². The molecular formula is C19H24Cl2NSiTi-2. The Morgan fingerprint density at radius 3 is 1.54 bits per heavy atom. The van der Waals surface area contributed by atoms with Crippen molar-refractivity contribution in [1.82, 2.24) is 0 Å². The van der Waals surface area contributed by atoms with Crippen LogP contribution in [0, 0.1) is 0 Å². The summed E-state index contributed by atoms with van der Waals surface area (Å²) in [7, 11) is 9.41. The molecule has 1 nitrogen and oxygen atoms in total. The van der Waals surface area contributed by atoms with Crippen LogP contribution in [0.15, 0.2) is 54.6 Å². The Kier molecular flexibility index (Phi) is 9.73. The first kappa shape index (κ1) is 21.8. The quantitative estimate of drug-likeness (QED) is 0.290. The van der Waals surface area contributed by atoms with Crippen molar-refractivity contribution in [2.75, 3.05) is 0 Å². The molecule has 24 heavy (non-hydrogen) atoms. The summed E-state index contributed by atoms with van der Waals surface area (Å²) < 4.78 is 0. The normalized spacial score (nSPS) is 10.8. The molecule has 3 aromatic rings. The smallest absolute Gasteiger partial charge is 0.0771 e. The maximum Gasteiger partial charge on any atom is -0.0771 e. The predicted octanol–water partition coefficient (Wildman–Crippen LogP) is 7.50. The Hall–Kier alpha value is -0.219. The first-order valence-electron chi connectivity index (χ1n) is 7.81. The second-order valence-corrected chi connectivity index (χ2v) is 11.3. The van der Waals surface area contributed by atoms with E-state index in [0.29, 0.717) is 0 Å². The zero-order valence-corrected chi connectivity index (χ0v) is 19.0. The molecule has 0 bridgehead atoms. The summed E-state index contributed by atoms with van der Waals surface area (Å²) in [6.07, 6.45) is 0. The molecule has 0 atom stereocenters. The Balaban J connectivity index is 0.000000228. The van der Waals surface area contributed by atoms with Gasteiger partial charge in [-0.3, -0.25) is 0 Å². The largest absolute Gasteiger partial charge is 0.126 e. The van der Waals surface area contributed by atoms with Crippen molar-refractivity contribution in [3.8, 4) is 0 Å². The molecule has 0 saturated carbocycles. The zero-order valence-electron chi connectivity index (χ0n) is 14.9. The fourth-order valence-electron chi connectivity index (χ4n) is 2.57. The van der Waals surface area contributed by atoms with Crippen molar-refractivity contribution in [3.63, 3.8) is 0 Å². The summed E-state index contributed by atoms with van der Waals surface area (Å²) in [5, 5.41) is 5.39. The van der Waals surface area contributed by atoms with Crippen LogP contribution in [0.5, 0.6) is 0 Å². The summed E-state index contributed by atoms with van der Waals surface area (Å²) in [5.41, 5.74) is 0.192. The van der Waals surface area contributed by atoms with Crippen LogP contribution >= 0.6 is 18.6 Å². The van der Waals surface area contributed by atoms with Crippen molar-refractivity contribution in [1.29, 1.82) is 0 Å². The van der Waals surface area contributed by atoms with Crippen molar-refractivity contribution < 1.29 is 17.0 Å². The van der Waals surface area contributed by atoms with E-state index in [2.05, 4.69) is 93.4 Å². The topological polar surface area (TPSA) is 14.1 Å². The molecule has 0 aromatic heterocycles. The van der Waals surface area contributed by atoms with Crippen molar-refractivity contribution >= 4 is 49.1 Å². The van der Waals surface area contributed by atoms with Gasteiger partial charge < -0.3 is 4.98 Å². The second kappa shape index (κ2) is 10.7. The summed E-state index contributed by atoms with van der Waals surface area (Å²) >= 11 is -0.556. The molecule has 0 saturated heterocycles. The van der Waals surface area contributed by atoms with Crippen LogP contribution < -0.4 is 0 Å². The van der Waals surface area contributed by atoms with Gasteiger partial charge >= 0.3 is 35.6 Å². The minimum Gasteiger partial charge on any atom is -0.126 e. The van der Waals surface area contributed by atoms with Crippen molar-refractivity contribution in [3.05, 3.63) is 59.6 Å². The van der Waals surface area contributed by atoms with Crippen LogP contribution in [0.4, 0.5) is 0 Å².